The monoisotopic (exact) mass is 481 g/mol. The van der Waals surface area contributed by atoms with Crippen LogP contribution in [0.4, 0.5) is 0 Å². The first kappa shape index (κ1) is 22.7. The summed E-state index contributed by atoms with van der Waals surface area (Å²) in [4.78, 5) is 15.7. The van der Waals surface area contributed by atoms with Crippen molar-refractivity contribution in [2.75, 3.05) is 13.1 Å². The van der Waals surface area contributed by atoms with Gasteiger partial charge in [-0.2, -0.15) is 9.78 Å². The molecule has 0 bridgehead atoms. The van der Waals surface area contributed by atoms with E-state index in [0.717, 1.165) is 55.2 Å². The molecule has 7 heteroatoms. The van der Waals surface area contributed by atoms with Gasteiger partial charge in [0.2, 0.25) is 4.77 Å². The fourth-order valence-electron chi connectivity index (χ4n) is 5.46. The number of piperidine rings is 1. The number of likely N-dealkylation sites (tertiary alicyclic amines) is 1. The highest BCUT2D eigenvalue weighted by atomic mass is 32.1. The standard InChI is InChI=1S/C26H32N4OS2/c31-25(20-8-3-1-4-9-20)21-13-15-28(16-14-21)19-29-26(32)30(22-10-5-2-6-11-22)24(27-29)18-23-12-7-17-33-23/h1,3-4,7-9,12,17,21-22H,2,5-6,10-11,13-16,18-19H2/p+1. The van der Waals surface area contributed by atoms with E-state index in [2.05, 4.69) is 26.8 Å². The number of hydrogen-bond acceptors (Lipinski definition) is 4. The molecule has 1 N–H and O–H groups in total. The lowest BCUT2D eigenvalue weighted by Gasteiger charge is -2.28. The van der Waals surface area contributed by atoms with Crippen molar-refractivity contribution in [1.29, 1.82) is 0 Å². The molecule has 1 aliphatic carbocycles. The fourth-order valence-corrected chi connectivity index (χ4v) is 6.52. The minimum absolute atomic E-state index is 0.137. The maximum absolute atomic E-state index is 12.8. The molecule has 0 atom stereocenters. The Labute approximate surface area is 205 Å². The van der Waals surface area contributed by atoms with Gasteiger partial charge < -0.3 is 9.47 Å². The highest BCUT2D eigenvalue weighted by Gasteiger charge is 2.29. The van der Waals surface area contributed by atoms with E-state index in [9.17, 15) is 4.79 Å². The predicted octanol–water partition coefficient (Wildman–Crippen LogP) is 4.71. The molecule has 2 aromatic heterocycles. The van der Waals surface area contributed by atoms with Gasteiger partial charge >= 0.3 is 0 Å². The molecule has 33 heavy (non-hydrogen) atoms. The summed E-state index contributed by atoms with van der Waals surface area (Å²) in [5, 5.41) is 7.19. The number of benzene rings is 1. The molecule has 0 spiro atoms. The number of nitrogens with one attached hydrogen (secondary N) is 1. The third-order valence-corrected chi connectivity index (χ3v) is 8.57. The molecule has 5 nitrogen and oxygen atoms in total. The summed E-state index contributed by atoms with van der Waals surface area (Å²) >= 11 is 7.78. The zero-order chi connectivity index (χ0) is 22.6. The van der Waals surface area contributed by atoms with Crippen LogP contribution in [0.3, 0.4) is 0 Å². The highest BCUT2D eigenvalue weighted by Crippen LogP contribution is 2.30. The topological polar surface area (TPSA) is 44.3 Å². The van der Waals surface area contributed by atoms with Gasteiger partial charge in [-0.25, -0.2) is 0 Å². The van der Waals surface area contributed by atoms with E-state index in [1.165, 1.54) is 41.9 Å². The van der Waals surface area contributed by atoms with Crippen molar-refractivity contribution in [3.05, 3.63) is 68.9 Å². The van der Waals surface area contributed by atoms with Crippen molar-refractivity contribution in [3.8, 4) is 0 Å². The first-order valence-electron chi connectivity index (χ1n) is 12.3. The van der Waals surface area contributed by atoms with Crippen LogP contribution in [0, 0.1) is 10.7 Å². The van der Waals surface area contributed by atoms with Crippen molar-refractivity contribution in [2.24, 2.45) is 5.92 Å². The molecule has 0 radical (unpaired) electrons. The zero-order valence-electron chi connectivity index (χ0n) is 19.1. The third-order valence-electron chi connectivity index (χ3n) is 7.29. The Hall–Kier alpha value is -2.09. The number of aromatic nitrogens is 3. The lowest BCUT2D eigenvalue weighted by molar-refractivity contribution is -0.928. The van der Waals surface area contributed by atoms with E-state index in [-0.39, 0.29) is 5.92 Å². The van der Waals surface area contributed by atoms with E-state index in [1.807, 2.05) is 30.3 Å². The average Bonchev–Trinajstić information content (AvgIpc) is 3.48. The van der Waals surface area contributed by atoms with Crippen molar-refractivity contribution in [2.45, 2.75) is 64.1 Å². The average molecular weight is 482 g/mol. The smallest absolute Gasteiger partial charge is 0.203 e. The second-order valence-electron chi connectivity index (χ2n) is 9.53. The van der Waals surface area contributed by atoms with Crippen molar-refractivity contribution >= 4 is 29.3 Å². The van der Waals surface area contributed by atoms with Gasteiger partial charge in [0, 0.05) is 41.7 Å². The Morgan fingerprint density at radius 1 is 1.03 bits per heavy atom. The van der Waals surface area contributed by atoms with Crippen LogP contribution in [0.2, 0.25) is 0 Å². The number of carbonyl (C=O) groups is 1. The number of rotatable bonds is 7. The summed E-state index contributed by atoms with van der Waals surface area (Å²) in [7, 11) is 0. The minimum Gasteiger partial charge on any atom is -0.316 e. The second kappa shape index (κ2) is 10.5. The van der Waals surface area contributed by atoms with Gasteiger partial charge in [0.15, 0.2) is 12.5 Å². The van der Waals surface area contributed by atoms with Crippen LogP contribution >= 0.6 is 23.6 Å². The highest BCUT2D eigenvalue weighted by molar-refractivity contribution is 7.71. The van der Waals surface area contributed by atoms with E-state index in [0.29, 0.717) is 11.8 Å². The predicted molar refractivity (Wildman–Crippen MR) is 134 cm³/mol. The van der Waals surface area contributed by atoms with Gasteiger partial charge in [-0.1, -0.05) is 55.7 Å². The van der Waals surface area contributed by atoms with Gasteiger partial charge in [-0.3, -0.25) is 4.79 Å². The molecule has 2 fully saturated rings. The molecule has 0 amide bonds. The Balaban J connectivity index is 1.29. The summed E-state index contributed by atoms with van der Waals surface area (Å²) in [5.74, 6) is 1.55. The molecule has 1 aliphatic heterocycles. The Bertz CT molecular complexity index is 1110. The summed E-state index contributed by atoms with van der Waals surface area (Å²) in [5.41, 5.74) is 0.845. The number of ketones is 1. The summed E-state index contributed by atoms with van der Waals surface area (Å²) in [6.45, 7) is 2.77. The molecule has 1 aromatic carbocycles. The Morgan fingerprint density at radius 2 is 1.79 bits per heavy atom. The van der Waals surface area contributed by atoms with Crippen LogP contribution in [0.5, 0.6) is 0 Å². The van der Waals surface area contributed by atoms with Crippen molar-refractivity contribution in [3.63, 3.8) is 0 Å². The lowest BCUT2D eigenvalue weighted by atomic mass is 9.89. The first-order valence-corrected chi connectivity index (χ1v) is 13.6. The van der Waals surface area contributed by atoms with Crippen LogP contribution in [0.15, 0.2) is 47.8 Å². The van der Waals surface area contributed by atoms with Gasteiger partial charge in [-0.05, 0) is 36.5 Å². The first-order chi connectivity index (χ1) is 16.2. The minimum atomic E-state index is 0.137. The fraction of sp³-hybridized carbons (Fsp3) is 0.500. The zero-order valence-corrected chi connectivity index (χ0v) is 20.8. The third kappa shape index (κ3) is 5.20. The number of quaternary nitrogens is 1. The van der Waals surface area contributed by atoms with Crippen molar-refractivity contribution in [1.82, 2.24) is 14.3 Å². The molecule has 3 aromatic rings. The van der Waals surface area contributed by atoms with Crippen molar-refractivity contribution < 1.29 is 9.69 Å². The molecule has 1 saturated carbocycles. The van der Waals surface area contributed by atoms with Crippen LogP contribution in [-0.2, 0) is 13.1 Å². The SMILES string of the molecule is O=C(c1ccccc1)C1CC[NH+](Cn2nc(Cc3cccs3)n(C3CCCCC3)c2=S)CC1. The lowest BCUT2D eigenvalue weighted by Crippen LogP contribution is -3.12. The van der Waals surface area contributed by atoms with Gasteiger partial charge in [0.05, 0.1) is 13.1 Å². The van der Waals surface area contributed by atoms with Gasteiger partial charge in [0.1, 0.15) is 5.82 Å². The molecule has 1 saturated heterocycles. The Morgan fingerprint density at radius 3 is 2.48 bits per heavy atom. The molecule has 174 valence electrons. The molecule has 2 aliphatic rings. The normalized spacial score (nSPS) is 21.8. The number of hydrogen-bond donors (Lipinski definition) is 1. The second-order valence-corrected chi connectivity index (χ2v) is 10.9. The Kier molecular flexibility index (Phi) is 7.19. The molecule has 0 unspecified atom stereocenters. The van der Waals surface area contributed by atoms with Crippen LogP contribution in [0.1, 0.15) is 72.0 Å². The van der Waals surface area contributed by atoms with E-state index in [4.69, 9.17) is 17.3 Å². The van der Waals surface area contributed by atoms with Gasteiger partial charge in [-0.15, -0.1) is 11.3 Å². The van der Waals surface area contributed by atoms with E-state index >= 15 is 0 Å². The van der Waals surface area contributed by atoms with E-state index < -0.39 is 0 Å². The molecule has 3 heterocycles. The molecule has 5 rings (SSSR count). The number of nitrogens with zero attached hydrogens (tertiary/aromatic N) is 3. The van der Waals surface area contributed by atoms with Crippen LogP contribution in [0.25, 0.3) is 0 Å². The number of Topliss-reactive ketones (excluding diaryl/α,β-unsaturated/α-hetero) is 1. The number of thiophene rings is 1. The largest absolute Gasteiger partial charge is 0.316 e. The van der Waals surface area contributed by atoms with E-state index in [1.54, 1.807) is 11.3 Å². The van der Waals surface area contributed by atoms with Crippen LogP contribution in [-0.4, -0.2) is 33.2 Å². The quantitative estimate of drug-likeness (QED) is 0.393. The molecular formula is C26H33N4OS2+. The summed E-state index contributed by atoms with van der Waals surface area (Å²) < 4.78 is 5.32. The summed E-state index contributed by atoms with van der Waals surface area (Å²) in [6.07, 6.45) is 9.03. The maximum atomic E-state index is 12.8. The van der Waals surface area contributed by atoms with Crippen LogP contribution < -0.4 is 4.90 Å². The number of carbonyl (C=O) groups excluding carboxylic acids is 1. The molecular weight excluding hydrogens is 448 g/mol. The summed E-state index contributed by atoms with van der Waals surface area (Å²) in [6, 6.07) is 14.5. The maximum Gasteiger partial charge on any atom is 0.203 e. The van der Waals surface area contributed by atoms with Gasteiger partial charge in [0.25, 0.3) is 0 Å².